The minimum Gasteiger partial charge on any atom is -0.456 e. The molecule has 1 aliphatic heterocycles. The number of ether oxygens (including phenoxy) is 2. The summed E-state index contributed by atoms with van der Waals surface area (Å²) in [6.45, 7) is 19.1. The minimum atomic E-state index is -3.03. The SMILES string of the molecule is Cc1cc(C)c(/C(=C2/N=C(c3ccc(-c4ccc(OC(=O)CCCc5ccc(-n6c(=O)c7ccc8oc9ccc(C(C)(C)C)cc9c9ccc(c6=O)c7c89)cc5)cc4)cc3)C=C2c2ccccc2)c2c(-c3ccccc3)cc(-c3ccc(-c4ccc(OC(=O)CCCc5ccc(-n6c(=O)c7ccc8oc9ccc(C(C)(C)C)cc9c9ccc(c6=O)c7c89)cc5)cc4)cc3)n2B(F)F)c(C)c1. The fourth-order valence-electron chi connectivity index (χ4n) is 19.7. The Balaban J connectivity index is 0.498. The van der Waals surface area contributed by atoms with Crippen LogP contribution in [0.4, 0.5) is 8.63 Å². The Labute approximate surface area is 776 Å². The van der Waals surface area contributed by atoms with Crippen molar-refractivity contribution < 1.29 is 36.5 Å². The largest absolute Gasteiger partial charge is 0.678 e. The normalized spacial score (nSPS) is 12.9. The fraction of sp³-hybridized carbons (Fsp3) is 0.144. The topological polar surface area (TPSA) is 174 Å². The molecule has 1 aliphatic rings. The second-order valence-corrected chi connectivity index (χ2v) is 37.5. The van der Waals surface area contributed by atoms with Gasteiger partial charge in [-0.3, -0.25) is 37.4 Å². The highest BCUT2D eigenvalue weighted by Crippen LogP contribution is 2.49. The van der Waals surface area contributed by atoms with Crippen LogP contribution in [0.3, 0.4) is 0 Å². The van der Waals surface area contributed by atoms with Crippen LogP contribution in [0.15, 0.2) is 354 Å². The maximum Gasteiger partial charge on any atom is 0.678 e. The van der Waals surface area contributed by atoms with Crippen molar-refractivity contribution in [3.63, 3.8) is 0 Å². The average Bonchev–Trinajstić information content (AvgIpc) is 1.48. The standard InChI is InChI=1S/C118H91BF2N4O10/c1-68-62-69(2)105(70(3)63-68)110(111-93(77-20-12-10-13-21-77)66-97(122-111)79-34-30-73(31-35-79)75-38-48-85(49-39-75)132-103(126)24-16-18-71-26-44-83(45-27-71)123-113(128)89-54-52-87-95-64-81(117(4,5)6)42-58-99(95)134-101-60-56-91(115(123)130)106(89)108(87)101)112-94(78-22-14-11-15-23-78)67-98(125(112)119(120)121)80-36-32-74(33-37-80)76-40-50-86(51-41-76)133-104(127)25-17-19-72-28-46-84(47-29-72)124-114(129)90-55-53-88-96-65-82(118(7,8)9)43-59-100(96)135-102-61-57-92(116(124)131)107(90)109(88)102/h10-15,20-23,26-67H,16-19,24-25H2,1-9H3/b111-110-. The number of nitrogens with zero attached hydrogens (tertiary/aromatic N) is 4. The number of pyridine rings is 2. The number of benzene rings is 15. The summed E-state index contributed by atoms with van der Waals surface area (Å²) in [6, 6.07) is 97.4. The van der Waals surface area contributed by atoms with E-state index in [4.69, 9.17) is 23.3 Å². The van der Waals surface area contributed by atoms with Gasteiger partial charge in [-0.1, -0.05) is 241 Å². The summed E-state index contributed by atoms with van der Waals surface area (Å²) in [5.74, 6) is -0.0174. The van der Waals surface area contributed by atoms with Crippen molar-refractivity contribution in [1.29, 1.82) is 0 Å². The lowest BCUT2D eigenvalue weighted by molar-refractivity contribution is -0.135. The van der Waals surface area contributed by atoms with Gasteiger partial charge in [0.2, 0.25) is 0 Å². The first kappa shape index (κ1) is 85.8. The number of carbonyl (C=O) groups is 2. The van der Waals surface area contributed by atoms with E-state index in [0.29, 0.717) is 132 Å². The molecule has 0 unspecified atom stereocenters. The summed E-state index contributed by atoms with van der Waals surface area (Å²) in [7, 11) is -3.03. The quantitative estimate of drug-likeness (QED) is 0.0221. The molecule has 135 heavy (non-hydrogen) atoms. The van der Waals surface area contributed by atoms with E-state index in [1.165, 1.54) is 9.13 Å². The number of esters is 2. The van der Waals surface area contributed by atoms with Crippen LogP contribution in [-0.4, -0.2) is 38.7 Å². The summed E-state index contributed by atoms with van der Waals surface area (Å²) in [4.78, 5) is 89.8. The van der Waals surface area contributed by atoms with Gasteiger partial charge < -0.3 is 22.8 Å². The van der Waals surface area contributed by atoms with Gasteiger partial charge in [-0.05, 0) is 267 Å². The molecule has 0 spiro atoms. The molecule has 0 radical (unpaired) electrons. The van der Waals surface area contributed by atoms with Gasteiger partial charge in [-0.25, -0.2) is 14.1 Å². The Kier molecular flexibility index (Phi) is 21.6. The van der Waals surface area contributed by atoms with E-state index in [1.54, 1.807) is 60.7 Å². The van der Waals surface area contributed by atoms with Crippen LogP contribution < -0.4 is 31.7 Å². The molecule has 0 fully saturated rings. The van der Waals surface area contributed by atoms with Gasteiger partial charge in [-0.15, -0.1) is 0 Å². The molecule has 15 aromatic carbocycles. The second-order valence-electron chi connectivity index (χ2n) is 37.5. The smallest absolute Gasteiger partial charge is 0.456 e. The lowest BCUT2D eigenvalue weighted by atomic mass is 9.85. The highest BCUT2D eigenvalue weighted by atomic mass is 19.2. The van der Waals surface area contributed by atoms with Crippen LogP contribution in [0.1, 0.15) is 129 Å². The number of hydrogen-bond acceptors (Lipinski definition) is 11. The number of halogens is 2. The zero-order valence-electron chi connectivity index (χ0n) is 76.0. The van der Waals surface area contributed by atoms with E-state index in [0.717, 1.165) is 137 Å². The maximum atomic E-state index is 17.1. The predicted molar refractivity (Wildman–Crippen MR) is 542 cm³/mol. The van der Waals surface area contributed by atoms with Crippen LogP contribution in [0.25, 0.3) is 154 Å². The molecule has 0 saturated heterocycles. The molecule has 0 saturated carbocycles. The number of allylic oxidation sites excluding steroid dienone is 2. The zero-order chi connectivity index (χ0) is 93.1. The third-order valence-corrected chi connectivity index (χ3v) is 26.5. The molecule has 6 heterocycles. The summed E-state index contributed by atoms with van der Waals surface area (Å²) in [6.07, 6.45) is 4.41. The maximum absolute atomic E-state index is 17.1. The van der Waals surface area contributed by atoms with Crippen molar-refractivity contribution >= 4 is 123 Å². The van der Waals surface area contributed by atoms with Crippen LogP contribution in [0, 0.1) is 20.8 Å². The van der Waals surface area contributed by atoms with Crippen LogP contribution >= 0.6 is 0 Å². The van der Waals surface area contributed by atoms with Crippen molar-refractivity contribution in [3.8, 4) is 67.5 Å². The monoisotopic (exact) mass is 1770 g/mol. The number of carbonyl (C=O) groups excluding carboxylic acids is 2. The molecule has 0 aliphatic carbocycles. The average molecular weight is 1770 g/mol. The molecule has 21 rings (SSSR count). The molecule has 0 atom stereocenters. The summed E-state index contributed by atoms with van der Waals surface area (Å²) < 4.78 is 62.3. The highest BCUT2D eigenvalue weighted by molar-refractivity contribution is 6.43. The molecule has 14 nitrogen and oxygen atoms in total. The predicted octanol–water partition coefficient (Wildman–Crippen LogP) is 27.0. The van der Waals surface area contributed by atoms with E-state index in [1.807, 2.05) is 239 Å². The Morgan fingerprint density at radius 2 is 0.770 bits per heavy atom. The molecule has 0 N–H and O–H groups in total. The van der Waals surface area contributed by atoms with Gasteiger partial charge in [0.15, 0.2) is 0 Å². The molecule has 20 aromatic rings. The Morgan fingerprint density at radius 1 is 0.385 bits per heavy atom. The number of rotatable bonds is 21. The molecule has 660 valence electrons. The van der Waals surface area contributed by atoms with E-state index in [2.05, 4.69) is 77.9 Å². The first-order valence-corrected chi connectivity index (χ1v) is 45.6. The first-order valence-electron chi connectivity index (χ1n) is 45.6. The summed E-state index contributed by atoms with van der Waals surface area (Å²) in [5.41, 5.74) is 19.5. The van der Waals surface area contributed by atoms with Gasteiger partial charge in [-0.2, -0.15) is 0 Å². The van der Waals surface area contributed by atoms with Gasteiger partial charge in [0, 0.05) is 94.7 Å². The molecule has 0 bridgehead atoms. The number of fused-ring (bicyclic) bond motifs is 4. The molecule has 17 heteroatoms. The van der Waals surface area contributed by atoms with E-state index in [9.17, 15) is 28.8 Å². The minimum absolute atomic E-state index is 0.0994. The first-order chi connectivity index (χ1) is 65.2. The molecular formula is C118H91BF2N4O10. The number of hydrogen-bond donors (Lipinski definition) is 0. The summed E-state index contributed by atoms with van der Waals surface area (Å²) >= 11 is 0. The van der Waals surface area contributed by atoms with Gasteiger partial charge in [0.1, 0.15) is 33.8 Å². The van der Waals surface area contributed by atoms with Crippen molar-refractivity contribution in [3.05, 3.63) is 424 Å². The van der Waals surface area contributed by atoms with Crippen molar-refractivity contribution in [2.45, 2.75) is 112 Å². The van der Waals surface area contributed by atoms with Gasteiger partial charge in [0.05, 0.1) is 28.5 Å². The van der Waals surface area contributed by atoms with Crippen LogP contribution in [0.2, 0.25) is 0 Å². The van der Waals surface area contributed by atoms with Crippen LogP contribution in [0.5, 0.6) is 11.5 Å². The number of aliphatic imine (C=N–C) groups is 1. The Hall–Kier alpha value is -16.0. The van der Waals surface area contributed by atoms with Crippen LogP contribution in [-0.2, 0) is 33.3 Å². The van der Waals surface area contributed by atoms with E-state index < -0.39 is 35.6 Å². The third-order valence-electron chi connectivity index (χ3n) is 26.5. The third kappa shape index (κ3) is 15.7. The Morgan fingerprint density at radius 3 is 1.19 bits per heavy atom. The van der Waals surface area contributed by atoms with Crippen molar-refractivity contribution in [2.75, 3.05) is 0 Å². The van der Waals surface area contributed by atoms with Crippen molar-refractivity contribution in [1.82, 2.24) is 13.6 Å². The number of aromatic nitrogens is 3. The second kappa shape index (κ2) is 34.0. The Bertz CT molecular complexity index is 8480. The molecule has 5 aromatic heterocycles. The fourth-order valence-corrected chi connectivity index (χ4v) is 19.7. The van der Waals surface area contributed by atoms with Gasteiger partial charge >= 0.3 is 19.3 Å². The number of aryl methyl sites for hydroxylation is 5. The van der Waals surface area contributed by atoms with Crippen molar-refractivity contribution in [2.24, 2.45) is 4.99 Å². The zero-order valence-corrected chi connectivity index (χ0v) is 76.0. The molecular weight excluding hydrogens is 1680 g/mol. The highest BCUT2D eigenvalue weighted by Gasteiger charge is 2.36. The molecule has 0 amide bonds. The van der Waals surface area contributed by atoms with E-state index >= 15 is 8.63 Å². The lowest BCUT2D eigenvalue weighted by Crippen LogP contribution is -2.31. The van der Waals surface area contributed by atoms with Gasteiger partial charge in [0.25, 0.3) is 22.2 Å². The summed E-state index contributed by atoms with van der Waals surface area (Å²) in [5, 5.41) is 8.07. The van der Waals surface area contributed by atoms with E-state index in [-0.39, 0.29) is 29.6 Å². The lowest BCUT2D eigenvalue weighted by Gasteiger charge is -2.22.